The Bertz CT molecular complexity index is 452. The van der Waals surface area contributed by atoms with Crippen molar-refractivity contribution in [1.29, 1.82) is 0 Å². The van der Waals surface area contributed by atoms with Crippen molar-refractivity contribution in [3.8, 4) is 5.75 Å². The van der Waals surface area contributed by atoms with Crippen molar-refractivity contribution in [3.05, 3.63) is 29.8 Å². The highest BCUT2D eigenvalue weighted by Crippen LogP contribution is 2.28. The summed E-state index contributed by atoms with van der Waals surface area (Å²) in [6.45, 7) is 5.22. The van der Waals surface area contributed by atoms with E-state index in [0.717, 1.165) is 23.9 Å². The molecule has 2 heterocycles. The van der Waals surface area contributed by atoms with Crippen LogP contribution in [0.5, 0.6) is 5.75 Å². The highest BCUT2D eigenvalue weighted by atomic mass is 32.2. The molecule has 3 atom stereocenters. The van der Waals surface area contributed by atoms with E-state index in [2.05, 4.69) is 31.3 Å². The first-order chi connectivity index (χ1) is 9.20. The van der Waals surface area contributed by atoms with E-state index in [4.69, 9.17) is 9.73 Å². The summed E-state index contributed by atoms with van der Waals surface area (Å²) >= 11 is 1.84. The van der Waals surface area contributed by atoms with Crippen LogP contribution in [0.1, 0.15) is 25.8 Å². The van der Waals surface area contributed by atoms with Gasteiger partial charge in [-0.05, 0) is 25.0 Å². The van der Waals surface area contributed by atoms with E-state index >= 15 is 0 Å². The number of fused-ring (bicyclic) bond motifs is 1. The predicted molar refractivity (Wildman–Crippen MR) is 81.1 cm³/mol. The molecule has 1 fully saturated rings. The first-order valence-corrected chi connectivity index (χ1v) is 7.81. The molecule has 3 unspecified atom stereocenters. The number of hydrogen-bond donors (Lipinski definition) is 1. The molecule has 102 valence electrons. The van der Waals surface area contributed by atoms with Gasteiger partial charge in [0.05, 0.1) is 6.54 Å². The first-order valence-electron chi connectivity index (χ1n) is 6.93. The summed E-state index contributed by atoms with van der Waals surface area (Å²) in [6.07, 6.45) is 2.37. The van der Waals surface area contributed by atoms with E-state index in [-0.39, 0.29) is 6.10 Å². The maximum absolute atomic E-state index is 5.91. The van der Waals surface area contributed by atoms with Gasteiger partial charge in [-0.3, -0.25) is 4.99 Å². The molecule has 0 saturated carbocycles. The van der Waals surface area contributed by atoms with Gasteiger partial charge in [0, 0.05) is 17.7 Å². The van der Waals surface area contributed by atoms with Crippen molar-refractivity contribution in [2.75, 3.05) is 6.54 Å². The quantitative estimate of drug-likeness (QED) is 0.902. The zero-order chi connectivity index (χ0) is 13.2. The van der Waals surface area contributed by atoms with Gasteiger partial charge in [0.25, 0.3) is 0 Å². The highest BCUT2D eigenvalue weighted by Gasteiger charge is 2.23. The second-order valence-corrected chi connectivity index (χ2v) is 6.83. The van der Waals surface area contributed by atoms with E-state index in [1.807, 2.05) is 23.9 Å². The number of rotatable bonds is 2. The van der Waals surface area contributed by atoms with Crippen LogP contribution >= 0.6 is 11.8 Å². The third-order valence-electron chi connectivity index (χ3n) is 3.52. The Kier molecular flexibility index (Phi) is 3.69. The van der Waals surface area contributed by atoms with Crippen LogP contribution in [0.2, 0.25) is 0 Å². The third-order valence-corrected chi connectivity index (χ3v) is 4.59. The minimum atomic E-state index is 0.194. The monoisotopic (exact) mass is 276 g/mol. The Balaban J connectivity index is 1.59. The second-order valence-electron chi connectivity index (χ2n) is 5.41. The van der Waals surface area contributed by atoms with E-state index in [9.17, 15) is 0 Å². The molecule has 0 radical (unpaired) electrons. The van der Waals surface area contributed by atoms with E-state index < -0.39 is 0 Å². The lowest BCUT2D eigenvalue weighted by molar-refractivity contribution is 0.242. The Morgan fingerprint density at radius 1 is 1.37 bits per heavy atom. The number of thioether (sulfide) groups is 1. The summed E-state index contributed by atoms with van der Waals surface area (Å²) in [6, 6.07) is 8.80. The van der Waals surface area contributed by atoms with Gasteiger partial charge in [0.2, 0.25) is 0 Å². The maximum Gasteiger partial charge on any atom is 0.157 e. The van der Waals surface area contributed by atoms with Gasteiger partial charge in [-0.25, -0.2) is 0 Å². The zero-order valence-electron chi connectivity index (χ0n) is 11.4. The van der Waals surface area contributed by atoms with Crippen LogP contribution in [0.3, 0.4) is 0 Å². The van der Waals surface area contributed by atoms with Gasteiger partial charge in [-0.2, -0.15) is 0 Å². The lowest BCUT2D eigenvalue weighted by Gasteiger charge is -2.27. The Morgan fingerprint density at radius 3 is 3.00 bits per heavy atom. The molecule has 2 aliphatic rings. The molecule has 0 aliphatic carbocycles. The molecule has 3 nitrogen and oxygen atoms in total. The lowest BCUT2D eigenvalue weighted by atomic mass is 10.1. The predicted octanol–water partition coefficient (Wildman–Crippen LogP) is 2.85. The fraction of sp³-hybridized carbons (Fsp3) is 0.533. The fourth-order valence-corrected chi connectivity index (χ4v) is 3.85. The average Bonchev–Trinajstić information content (AvgIpc) is 2.78. The highest BCUT2D eigenvalue weighted by molar-refractivity contribution is 8.14. The number of nitrogens with zero attached hydrogens (tertiary/aromatic N) is 1. The second kappa shape index (κ2) is 5.45. The summed E-state index contributed by atoms with van der Waals surface area (Å²) < 4.78 is 5.91. The zero-order valence-corrected chi connectivity index (χ0v) is 12.2. The van der Waals surface area contributed by atoms with Crippen LogP contribution in [-0.4, -0.2) is 29.1 Å². The maximum atomic E-state index is 5.91. The van der Waals surface area contributed by atoms with Crippen LogP contribution in [0.4, 0.5) is 0 Å². The normalized spacial score (nSPS) is 31.7. The van der Waals surface area contributed by atoms with Crippen molar-refractivity contribution >= 4 is 16.9 Å². The van der Waals surface area contributed by atoms with Gasteiger partial charge in [-0.1, -0.05) is 36.9 Å². The van der Waals surface area contributed by atoms with Gasteiger partial charge < -0.3 is 10.1 Å². The Hall–Kier alpha value is -1.16. The minimum Gasteiger partial charge on any atom is -0.488 e. The fourth-order valence-electron chi connectivity index (χ4n) is 2.66. The molecule has 0 spiro atoms. The van der Waals surface area contributed by atoms with Crippen LogP contribution in [0, 0.1) is 0 Å². The minimum absolute atomic E-state index is 0.194. The average molecular weight is 276 g/mol. The molecular formula is C15H20N2OS. The molecule has 0 amide bonds. The molecule has 1 N–H and O–H groups in total. The number of amidine groups is 1. The number of nitrogens with one attached hydrogen (secondary N) is 1. The summed E-state index contributed by atoms with van der Waals surface area (Å²) in [5.74, 6) is 1.03. The van der Waals surface area contributed by atoms with Crippen molar-refractivity contribution in [3.63, 3.8) is 0 Å². The molecule has 1 aromatic rings. The van der Waals surface area contributed by atoms with Gasteiger partial charge >= 0.3 is 0 Å². The van der Waals surface area contributed by atoms with Crippen molar-refractivity contribution in [1.82, 2.24) is 5.32 Å². The van der Waals surface area contributed by atoms with Crippen molar-refractivity contribution < 1.29 is 4.74 Å². The number of benzene rings is 1. The molecule has 0 bridgehead atoms. The van der Waals surface area contributed by atoms with E-state index in [0.29, 0.717) is 11.3 Å². The number of ether oxygens (including phenoxy) is 1. The summed E-state index contributed by atoms with van der Waals surface area (Å²) in [7, 11) is 0. The SMILES string of the molecule is CC1CC(C)SC(=NCC2Cc3ccccc3O2)N1. The summed E-state index contributed by atoms with van der Waals surface area (Å²) in [5.41, 5.74) is 1.30. The third kappa shape index (κ3) is 3.06. The molecule has 19 heavy (non-hydrogen) atoms. The first kappa shape index (κ1) is 12.9. The number of aliphatic imine (C=N–C) groups is 1. The topological polar surface area (TPSA) is 33.6 Å². The van der Waals surface area contributed by atoms with Gasteiger partial charge in [0.15, 0.2) is 5.17 Å². The van der Waals surface area contributed by atoms with E-state index in [1.54, 1.807) is 0 Å². The molecular weight excluding hydrogens is 256 g/mol. The standard InChI is InChI=1S/C15H20N2OS/c1-10-7-11(2)19-15(17-10)16-9-13-8-12-5-3-4-6-14(12)18-13/h3-6,10-11,13H,7-9H2,1-2H3,(H,16,17). The largest absolute Gasteiger partial charge is 0.488 e. The van der Waals surface area contributed by atoms with Gasteiger partial charge in [0.1, 0.15) is 11.9 Å². The molecule has 2 aliphatic heterocycles. The van der Waals surface area contributed by atoms with Crippen LogP contribution < -0.4 is 10.1 Å². The van der Waals surface area contributed by atoms with Crippen molar-refractivity contribution in [2.45, 2.75) is 44.1 Å². The van der Waals surface area contributed by atoms with Crippen molar-refractivity contribution in [2.24, 2.45) is 4.99 Å². The van der Waals surface area contributed by atoms with Crippen LogP contribution in [-0.2, 0) is 6.42 Å². The lowest BCUT2D eigenvalue weighted by Crippen LogP contribution is -2.39. The molecule has 1 saturated heterocycles. The Labute approximate surface area is 118 Å². The Morgan fingerprint density at radius 2 is 2.21 bits per heavy atom. The molecule has 3 rings (SSSR count). The van der Waals surface area contributed by atoms with Crippen LogP contribution in [0.15, 0.2) is 29.3 Å². The molecule has 1 aromatic carbocycles. The summed E-state index contributed by atoms with van der Waals surface area (Å²) in [4.78, 5) is 4.69. The number of para-hydroxylation sites is 1. The summed E-state index contributed by atoms with van der Waals surface area (Å²) in [5, 5.41) is 5.17. The molecule has 4 heteroatoms. The molecule has 0 aromatic heterocycles. The smallest absolute Gasteiger partial charge is 0.157 e. The van der Waals surface area contributed by atoms with Crippen LogP contribution in [0.25, 0.3) is 0 Å². The van der Waals surface area contributed by atoms with Gasteiger partial charge in [-0.15, -0.1) is 0 Å². The number of hydrogen-bond acceptors (Lipinski definition) is 3. The van der Waals surface area contributed by atoms with E-state index in [1.165, 1.54) is 12.0 Å².